The fraction of sp³-hybridized carbons (Fsp3) is 0.440. The Hall–Kier alpha value is -3.29. The lowest BCUT2D eigenvalue weighted by atomic mass is 9.88. The van der Waals surface area contributed by atoms with Crippen molar-refractivity contribution in [3.63, 3.8) is 0 Å². The van der Waals surface area contributed by atoms with Crippen LogP contribution >= 0.6 is 0 Å². The quantitative estimate of drug-likeness (QED) is 0.449. The molecule has 2 amide bonds. The molecule has 1 aliphatic rings. The third-order valence-electron chi connectivity index (χ3n) is 5.88. The maximum absolute atomic E-state index is 13.6. The zero-order valence-electron chi connectivity index (χ0n) is 19.4. The number of amides is 2. The average Bonchev–Trinajstić information content (AvgIpc) is 2.84. The summed E-state index contributed by atoms with van der Waals surface area (Å²) in [6.07, 6.45) is 3.35. The first-order chi connectivity index (χ1) is 16.0. The number of nitrogens with one attached hydrogen (secondary N) is 1. The molecular weight excluding hydrogens is 427 g/mol. The van der Waals surface area contributed by atoms with E-state index in [2.05, 4.69) is 10.1 Å². The normalized spacial score (nSPS) is 14.9. The Morgan fingerprint density at radius 3 is 2.39 bits per heavy atom. The summed E-state index contributed by atoms with van der Waals surface area (Å²) in [7, 11) is 4.54. The number of hydrogen-bond donors (Lipinski definition) is 1. The zero-order valence-corrected chi connectivity index (χ0v) is 19.4. The molecule has 3 rings (SSSR count). The standard InChI is InChI=1S/C25H31FN2O5/c1-31-21-15-18-12-14-28(25(30)27-13-6-4-5-7-23(29)33-3)24(20(18)16-22(21)32-2)17-8-10-19(26)11-9-17/h8-11,15-16,24H,4-7,12-14H2,1-3H3,(H,27,30)/t24-/m1/s1. The van der Waals surface area contributed by atoms with Gasteiger partial charge in [-0.3, -0.25) is 4.79 Å². The second-order valence-corrected chi connectivity index (χ2v) is 7.92. The number of halogens is 1. The number of esters is 1. The minimum Gasteiger partial charge on any atom is -0.493 e. The van der Waals surface area contributed by atoms with Crippen molar-refractivity contribution in [1.29, 1.82) is 0 Å². The molecule has 0 bridgehead atoms. The number of urea groups is 1. The zero-order chi connectivity index (χ0) is 23.8. The number of unbranched alkanes of at least 4 members (excludes halogenated alkanes) is 2. The highest BCUT2D eigenvalue weighted by molar-refractivity contribution is 5.76. The van der Waals surface area contributed by atoms with Crippen molar-refractivity contribution in [3.8, 4) is 11.5 Å². The summed E-state index contributed by atoms with van der Waals surface area (Å²) < 4.78 is 29.2. The Balaban J connectivity index is 1.77. The van der Waals surface area contributed by atoms with Crippen molar-refractivity contribution in [1.82, 2.24) is 10.2 Å². The van der Waals surface area contributed by atoms with Crippen molar-refractivity contribution < 1.29 is 28.2 Å². The van der Waals surface area contributed by atoms with Crippen LogP contribution in [0.15, 0.2) is 36.4 Å². The van der Waals surface area contributed by atoms with Crippen LogP contribution in [0, 0.1) is 5.82 Å². The van der Waals surface area contributed by atoms with Crippen LogP contribution in [0.5, 0.6) is 11.5 Å². The smallest absolute Gasteiger partial charge is 0.318 e. The lowest BCUT2D eigenvalue weighted by molar-refractivity contribution is -0.140. The Labute approximate surface area is 193 Å². The molecule has 0 aliphatic carbocycles. The summed E-state index contributed by atoms with van der Waals surface area (Å²) in [5, 5.41) is 2.99. The molecule has 0 saturated heterocycles. The summed E-state index contributed by atoms with van der Waals surface area (Å²) in [6, 6.07) is 9.50. The summed E-state index contributed by atoms with van der Waals surface area (Å²) in [4.78, 5) is 26.1. The number of rotatable bonds is 9. The maximum atomic E-state index is 13.6. The molecule has 2 aromatic rings. The van der Waals surface area contributed by atoms with Crippen LogP contribution in [0.3, 0.4) is 0 Å². The molecule has 0 unspecified atom stereocenters. The molecule has 0 fully saturated rings. The SMILES string of the molecule is COC(=O)CCCCCNC(=O)N1CCc2cc(OC)c(OC)cc2[C@H]1c1ccc(F)cc1. The van der Waals surface area contributed by atoms with Gasteiger partial charge in [-0.2, -0.15) is 0 Å². The van der Waals surface area contributed by atoms with Crippen LogP contribution < -0.4 is 14.8 Å². The van der Waals surface area contributed by atoms with Crippen LogP contribution in [-0.2, 0) is 16.0 Å². The Kier molecular flexibility index (Phi) is 8.52. The summed E-state index contributed by atoms with van der Waals surface area (Å²) in [5.74, 6) is 0.667. The van der Waals surface area contributed by atoms with Crippen molar-refractivity contribution in [2.45, 2.75) is 38.1 Å². The van der Waals surface area contributed by atoms with Gasteiger partial charge in [0, 0.05) is 19.5 Å². The van der Waals surface area contributed by atoms with E-state index in [9.17, 15) is 14.0 Å². The molecule has 0 spiro atoms. The van der Waals surface area contributed by atoms with E-state index in [0.717, 1.165) is 36.0 Å². The predicted octanol–water partition coefficient (Wildman–Crippen LogP) is 4.23. The van der Waals surface area contributed by atoms with Gasteiger partial charge in [0.1, 0.15) is 5.82 Å². The van der Waals surface area contributed by atoms with Gasteiger partial charge in [0.25, 0.3) is 0 Å². The third-order valence-corrected chi connectivity index (χ3v) is 5.88. The Bertz CT molecular complexity index is 964. The number of benzene rings is 2. The van der Waals surface area contributed by atoms with Crippen LogP contribution in [0.2, 0.25) is 0 Å². The minimum atomic E-state index is -0.381. The maximum Gasteiger partial charge on any atom is 0.318 e. The highest BCUT2D eigenvalue weighted by Gasteiger charge is 2.33. The molecule has 33 heavy (non-hydrogen) atoms. The van der Waals surface area contributed by atoms with Crippen molar-refractivity contribution in [2.75, 3.05) is 34.4 Å². The largest absolute Gasteiger partial charge is 0.493 e. The molecule has 8 heteroatoms. The van der Waals surface area contributed by atoms with E-state index < -0.39 is 0 Å². The first-order valence-corrected chi connectivity index (χ1v) is 11.1. The number of carbonyl (C=O) groups is 2. The first-order valence-electron chi connectivity index (χ1n) is 11.1. The van der Waals surface area contributed by atoms with E-state index in [4.69, 9.17) is 9.47 Å². The van der Waals surface area contributed by atoms with E-state index >= 15 is 0 Å². The molecule has 1 heterocycles. The minimum absolute atomic E-state index is 0.183. The number of nitrogens with zero attached hydrogens (tertiary/aromatic N) is 1. The molecule has 0 aromatic heterocycles. The molecule has 1 atom stereocenters. The summed E-state index contributed by atoms with van der Waals surface area (Å²) in [6.45, 7) is 1.02. The average molecular weight is 459 g/mol. The molecular formula is C25H31FN2O5. The number of methoxy groups -OCH3 is 3. The lowest BCUT2D eigenvalue weighted by Gasteiger charge is -2.38. The molecule has 1 aliphatic heterocycles. The molecule has 178 valence electrons. The van der Waals surface area contributed by atoms with Crippen molar-refractivity contribution in [3.05, 3.63) is 58.9 Å². The van der Waals surface area contributed by atoms with Gasteiger partial charge in [0.05, 0.1) is 27.4 Å². The Morgan fingerprint density at radius 1 is 1.03 bits per heavy atom. The van der Waals surface area contributed by atoms with Gasteiger partial charge in [0.15, 0.2) is 11.5 Å². The van der Waals surface area contributed by atoms with Crippen LogP contribution in [0.4, 0.5) is 9.18 Å². The second-order valence-electron chi connectivity index (χ2n) is 7.92. The molecule has 7 nitrogen and oxygen atoms in total. The van der Waals surface area contributed by atoms with Gasteiger partial charge in [-0.15, -0.1) is 0 Å². The van der Waals surface area contributed by atoms with Crippen molar-refractivity contribution >= 4 is 12.0 Å². The molecule has 0 saturated carbocycles. The number of ether oxygens (including phenoxy) is 3. The second kappa shape index (κ2) is 11.5. The third kappa shape index (κ3) is 5.94. The highest BCUT2D eigenvalue weighted by Crippen LogP contribution is 2.41. The molecule has 0 radical (unpaired) electrons. The van der Waals surface area contributed by atoms with Crippen LogP contribution in [0.25, 0.3) is 0 Å². The van der Waals surface area contributed by atoms with E-state index in [1.165, 1.54) is 19.2 Å². The lowest BCUT2D eigenvalue weighted by Crippen LogP contribution is -2.46. The monoisotopic (exact) mass is 458 g/mol. The van der Waals surface area contributed by atoms with Gasteiger partial charge < -0.3 is 24.4 Å². The van der Waals surface area contributed by atoms with E-state index in [1.807, 2.05) is 12.1 Å². The van der Waals surface area contributed by atoms with E-state index in [-0.39, 0.29) is 23.9 Å². The highest BCUT2D eigenvalue weighted by atomic mass is 19.1. The number of carbonyl (C=O) groups excluding carboxylic acids is 2. The Morgan fingerprint density at radius 2 is 1.73 bits per heavy atom. The summed E-state index contributed by atoms with van der Waals surface area (Å²) in [5.41, 5.74) is 2.81. The van der Waals surface area contributed by atoms with Crippen LogP contribution in [-0.4, -0.2) is 51.3 Å². The van der Waals surface area contributed by atoms with Crippen LogP contribution in [0.1, 0.15) is 48.4 Å². The van der Waals surface area contributed by atoms with Gasteiger partial charge in [-0.1, -0.05) is 18.6 Å². The molecule has 2 aromatic carbocycles. The van der Waals surface area contributed by atoms with Gasteiger partial charge in [-0.25, -0.2) is 9.18 Å². The molecule has 1 N–H and O–H groups in total. The fourth-order valence-corrected chi connectivity index (χ4v) is 4.14. The first kappa shape index (κ1) is 24.4. The fourth-order valence-electron chi connectivity index (χ4n) is 4.14. The van der Waals surface area contributed by atoms with Gasteiger partial charge in [-0.05, 0) is 60.2 Å². The van der Waals surface area contributed by atoms with Gasteiger partial charge in [0.2, 0.25) is 0 Å². The van der Waals surface area contributed by atoms with E-state index in [1.54, 1.807) is 31.3 Å². The topological polar surface area (TPSA) is 77.1 Å². The number of fused-ring (bicyclic) bond motifs is 1. The van der Waals surface area contributed by atoms with Crippen molar-refractivity contribution in [2.24, 2.45) is 0 Å². The van der Waals surface area contributed by atoms with E-state index in [0.29, 0.717) is 37.4 Å². The number of hydrogen-bond acceptors (Lipinski definition) is 5. The van der Waals surface area contributed by atoms with Gasteiger partial charge >= 0.3 is 12.0 Å². The predicted molar refractivity (Wildman–Crippen MR) is 122 cm³/mol. The summed E-state index contributed by atoms with van der Waals surface area (Å²) >= 11 is 0.